The minimum atomic E-state index is -1.37. The standard InChI is InChI=1S/C29H28NSSi/c1-17-21-9-7-8-10-22(21)18(2)29-26(17)28-27-24(13-14-30(28)3)23-12-11-20(32(4,5)6)15-19(23)16-25(27)31-29/h7-16H,1-6H3/q+1. The largest absolute Gasteiger partial charge is 0.222 e. The monoisotopic (exact) mass is 450 g/mol. The first-order chi connectivity index (χ1) is 15.3. The lowest BCUT2D eigenvalue weighted by atomic mass is 9.90. The van der Waals surface area contributed by atoms with Gasteiger partial charge in [0.25, 0.3) is 0 Å². The van der Waals surface area contributed by atoms with E-state index in [1.807, 2.05) is 11.8 Å². The molecule has 0 amide bonds. The smallest absolute Gasteiger partial charge is 0.200 e. The lowest BCUT2D eigenvalue weighted by Crippen LogP contribution is -2.37. The molecule has 0 saturated carbocycles. The summed E-state index contributed by atoms with van der Waals surface area (Å²) in [7, 11) is 0.828. The zero-order valence-electron chi connectivity index (χ0n) is 19.6. The number of benzene rings is 4. The molecule has 1 nitrogen and oxygen atoms in total. The highest BCUT2D eigenvalue weighted by molar-refractivity contribution is 8.00. The third-order valence-electron chi connectivity index (χ3n) is 7.19. The number of aryl methyl sites for hydroxylation is 3. The molecule has 0 spiro atoms. The van der Waals surface area contributed by atoms with Gasteiger partial charge in [-0.15, -0.1) is 0 Å². The second-order valence-electron chi connectivity index (χ2n) is 10.2. The summed E-state index contributed by atoms with van der Waals surface area (Å²) in [5.74, 6) is 0. The van der Waals surface area contributed by atoms with Crippen LogP contribution in [0.1, 0.15) is 11.1 Å². The summed E-state index contributed by atoms with van der Waals surface area (Å²) in [5.41, 5.74) is 5.54. The molecule has 0 unspecified atom stereocenters. The number of aromatic nitrogens is 1. The Labute approximate surface area is 195 Å². The summed E-state index contributed by atoms with van der Waals surface area (Å²) in [4.78, 5) is 2.80. The Morgan fingerprint density at radius 2 is 1.50 bits per heavy atom. The number of pyridine rings is 1. The number of hydrogen-bond acceptors (Lipinski definition) is 1. The van der Waals surface area contributed by atoms with Gasteiger partial charge in [-0.2, -0.15) is 0 Å². The summed E-state index contributed by atoms with van der Waals surface area (Å²) < 4.78 is 2.33. The highest BCUT2D eigenvalue weighted by Gasteiger charge is 2.31. The van der Waals surface area contributed by atoms with E-state index in [1.54, 1.807) is 0 Å². The predicted octanol–water partition coefficient (Wildman–Crippen LogP) is 7.26. The van der Waals surface area contributed by atoms with Crippen LogP contribution in [-0.2, 0) is 7.05 Å². The molecule has 158 valence electrons. The second-order valence-corrected chi connectivity index (χ2v) is 16.4. The van der Waals surface area contributed by atoms with Crippen LogP contribution >= 0.6 is 11.8 Å². The Hall–Kier alpha value is -2.62. The van der Waals surface area contributed by atoms with Crippen LogP contribution in [0.15, 0.2) is 70.6 Å². The van der Waals surface area contributed by atoms with Crippen LogP contribution in [0.25, 0.3) is 43.6 Å². The van der Waals surface area contributed by atoms with Crippen molar-refractivity contribution >= 4 is 57.3 Å². The van der Waals surface area contributed by atoms with Gasteiger partial charge in [-0.3, -0.25) is 0 Å². The van der Waals surface area contributed by atoms with Crippen LogP contribution in [0.2, 0.25) is 19.6 Å². The number of rotatable bonds is 1. The van der Waals surface area contributed by atoms with E-state index < -0.39 is 8.07 Å². The molecule has 1 aromatic heterocycles. The van der Waals surface area contributed by atoms with E-state index in [0.717, 1.165) is 0 Å². The first kappa shape index (κ1) is 20.0. The summed E-state index contributed by atoms with van der Waals surface area (Å²) in [6.45, 7) is 11.9. The van der Waals surface area contributed by atoms with Gasteiger partial charge >= 0.3 is 0 Å². The molecule has 1 aliphatic heterocycles. The Kier molecular flexibility index (Phi) is 4.19. The number of nitrogens with zero attached hydrogens (tertiary/aromatic N) is 1. The fraction of sp³-hybridized carbons (Fsp3) is 0.207. The Balaban J connectivity index is 1.78. The fourth-order valence-corrected chi connectivity index (χ4v) is 7.89. The topological polar surface area (TPSA) is 3.88 Å². The first-order valence-corrected chi connectivity index (χ1v) is 15.7. The third kappa shape index (κ3) is 2.68. The molecule has 0 bridgehead atoms. The first-order valence-electron chi connectivity index (χ1n) is 11.4. The van der Waals surface area contributed by atoms with Crippen LogP contribution in [0.5, 0.6) is 0 Å². The molecule has 6 rings (SSSR count). The van der Waals surface area contributed by atoms with Gasteiger partial charge in [0, 0.05) is 21.2 Å². The highest BCUT2D eigenvalue weighted by Crippen LogP contribution is 2.52. The average Bonchev–Trinajstić information content (AvgIpc) is 2.77. The maximum atomic E-state index is 2.46. The molecule has 32 heavy (non-hydrogen) atoms. The van der Waals surface area contributed by atoms with E-state index in [2.05, 4.69) is 106 Å². The highest BCUT2D eigenvalue weighted by atomic mass is 32.2. The Morgan fingerprint density at radius 3 is 2.22 bits per heavy atom. The minimum absolute atomic E-state index is 1.36. The maximum Gasteiger partial charge on any atom is 0.222 e. The molecule has 0 radical (unpaired) electrons. The lowest BCUT2D eigenvalue weighted by Gasteiger charge is -2.24. The van der Waals surface area contributed by atoms with Crippen LogP contribution < -0.4 is 9.75 Å². The van der Waals surface area contributed by atoms with Crippen molar-refractivity contribution in [3.8, 4) is 11.3 Å². The van der Waals surface area contributed by atoms with Gasteiger partial charge in [-0.1, -0.05) is 79.1 Å². The van der Waals surface area contributed by atoms with Gasteiger partial charge in [-0.05, 0) is 52.6 Å². The van der Waals surface area contributed by atoms with E-state index in [1.165, 1.54) is 69.7 Å². The molecular formula is C29H28NSSi+. The molecule has 5 aromatic rings. The molecule has 4 aromatic carbocycles. The summed E-state index contributed by atoms with van der Waals surface area (Å²) in [6, 6.07) is 20.8. The molecule has 0 saturated heterocycles. The zero-order valence-corrected chi connectivity index (χ0v) is 21.4. The molecule has 0 aliphatic carbocycles. The Bertz CT molecular complexity index is 1610. The molecule has 0 atom stereocenters. The maximum absolute atomic E-state index is 2.46. The summed E-state index contributed by atoms with van der Waals surface area (Å²) in [5, 5.41) is 9.78. The minimum Gasteiger partial charge on any atom is -0.200 e. The van der Waals surface area contributed by atoms with E-state index in [0.29, 0.717) is 0 Å². The van der Waals surface area contributed by atoms with Crippen molar-refractivity contribution < 1.29 is 4.57 Å². The van der Waals surface area contributed by atoms with Crippen molar-refractivity contribution in [3.63, 3.8) is 0 Å². The number of fused-ring (bicyclic) bond motifs is 5. The van der Waals surface area contributed by atoms with Gasteiger partial charge < -0.3 is 0 Å². The fourth-order valence-electron chi connectivity index (χ4n) is 5.39. The van der Waals surface area contributed by atoms with Gasteiger partial charge in [0.15, 0.2) is 6.20 Å². The second kappa shape index (κ2) is 6.69. The van der Waals surface area contributed by atoms with Crippen LogP contribution in [0.4, 0.5) is 0 Å². The van der Waals surface area contributed by atoms with E-state index in [-0.39, 0.29) is 0 Å². The molecule has 0 N–H and O–H groups in total. The molecule has 0 fully saturated rings. The third-order valence-corrected chi connectivity index (χ3v) is 10.5. The normalized spacial score (nSPS) is 13.2. The number of hydrogen-bond donors (Lipinski definition) is 0. The van der Waals surface area contributed by atoms with Crippen LogP contribution in [0.3, 0.4) is 0 Å². The quantitative estimate of drug-likeness (QED) is 0.145. The van der Waals surface area contributed by atoms with E-state index >= 15 is 0 Å². The predicted molar refractivity (Wildman–Crippen MR) is 142 cm³/mol. The van der Waals surface area contributed by atoms with Crippen LogP contribution in [-0.4, -0.2) is 8.07 Å². The van der Waals surface area contributed by atoms with Gasteiger partial charge in [0.2, 0.25) is 5.69 Å². The van der Waals surface area contributed by atoms with E-state index in [4.69, 9.17) is 0 Å². The van der Waals surface area contributed by atoms with Crippen molar-refractivity contribution in [1.29, 1.82) is 0 Å². The summed E-state index contributed by atoms with van der Waals surface area (Å²) >= 11 is 1.97. The molecule has 2 heterocycles. The Morgan fingerprint density at radius 1 is 0.781 bits per heavy atom. The molecular weight excluding hydrogens is 422 g/mol. The van der Waals surface area contributed by atoms with E-state index in [9.17, 15) is 0 Å². The SMILES string of the molecule is Cc1c2c(c(C)c3ccccc13)-c1c3c(cc4cc([Si](C)(C)C)ccc4c3cc[n+]1C)S2. The van der Waals surface area contributed by atoms with Gasteiger partial charge in [0.05, 0.1) is 19.0 Å². The van der Waals surface area contributed by atoms with Crippen LogP contribution in [0, 0.1) is 13.8 Å². The van der Waals surface area contributed by atoms with Gasteiger partial charge in [-0.25, -0.2) is 4.57 Å². The van der Waals surface area contributed by atoms with Crippen molar-refractivity contribution in [2.45, 2.75) is 43.3 Å². The van der Waals surface area contributed by atoms with Crippen molar-refractivity contribution in [2.75, 3.05) is 0 Å². The van der Waals surface area contributed by atoms with Crippen molar-refractivity contribution in [1.82, 2.24) is 0 Å². The molecule has 3 heteroatoms. The van der Waals surface area contributed by atoms with Crippen molar-refractivity contribution in [3.05, 3.63) is 71.9 Å². The van der Waals surface area contributed by atoms with Gasteiger partial charge in [0.1, 0.15) is 7.05 Å². The zero-order chi connectivity index (χ0) is 22.4. The summed E-state index contributed by atoms with van der Waals surface area (Å²) in [6.07, 6.45) is 2.25. The van der Waals surface area contributed by atoms with Crippen molar-refractivity contribution in [2.24, 2.45) is 7.05 Å². The lowest BCUT2D eigenvalue weighted by molar-refractivity contribution is -0.659. The average molecular weight is 451 g/mol. The molecule has 1 aliphatic rings.